The molecule has 12 rings (SSSR count). The number of anilines is 6. The number of fused-ring (bicyclic) bond motifs is 9. The Labute approximate surface area is 426 Å². The van der Waals surface area contributed by atoms with Crippen molar-refractivity contribution in [2.75, 3.05) is 9.80 Å². The largest absolute Gasteiger partial charge is 0.468 e. The van der Waals surface area contributed by atoms with Crippen LogP contribution in [0.4, 0.5) is 34.1 Å². The lowest BCUT2D eigenvalue weighted by Crippen LogP contribution is -2.61. The predicted octanol–water partition coefficient (Wildman–Crippen LogP) is 16.8. The molecule has 0 radical (unpaired) electrons. The molecule has 0 amide bonds. The zero-order chi connectivity index (χ0) is 50.3. The third-order valence-electron chi connectivity index (χ3n) is 19.1. The molecule has 2 aliphatic heterocycles. The summed E-state index contributed by atoms with van der Waals surface area (Å²) in [4.78, 5) is 5.35. The maximum absolute atomic E-state index is 7.58. The van der Waals surface area contributed by atoms with Crippen LogP contribution in [-0.2, 0) is 37.9 Å². The molecule has 0 saturated heterocycles. The van der Waals surface area contributed by atoms with Crippen molar-refractivity contribution in [3.8, 4) is 11.1 Å². The molecule has 3 aliphatic carbocycles. The van der Waals surface area contributed by atoms with Crippen LogP contribution in [-0.4, -0.2) is 6.71 Å². The normalized spacial score (nSPS) is 20.4. The van der Waals surface area contributed by atoms with Crippen LogP contribution < -0.4 is 26.4 Å². The Bertz CT molecular complexity index is 3400. The van der Waals surface area contributed by atoms with Gasteiger partial charge in [-0.25, -0.2) is 0 Å². The first kappa shape index (κ1) is 46.6. The van der Waals surface area contributed by atoms with Crippen LogP contribution in [0.1, 0.15) is 187 Å². The van der Waals surface area contributed by atoms with E-state index in [1.165, 1.54) is 125 Å². The van der Waals surface area contributed by atoms with Crippen LogP contribution in [0.15, 0.2) is 108 Å². The van der Waals surface area contributed by atoms with Gasteiger partial charge in [-0.05, 0) is 205 Å². The van der Waals surface area contributed by atoms with Crippen LogP contribution in [0.5, 0.6) is 0 Å². The lowest BCUT2D eigenvalue weighted by Gasteiger charge is -2.47. The quantitative estimate of drug-likeness (QED) is 0.165. The van der Waals surface area contributed by atoms with E-state index < -0.39 is 0 Å². The molecule has 7 aromatic rings. The highest BCUT2D eigenvalue weighted by Gasteiger charge is 2.50. The van der Waals surface area contributed by atoms with Crippen molar-refractivity contribution < 1.29 is 4.42 Å². The van der Waals surface area contributed by atoms with E-state index in [4.69, 9.17) is 4.42 Å². The number of hydrogen-bond donors (Lipinski definition) is 0. The van der Waals surface area contributed by atoms with E-state index >= 15 is 0 Å². The maximum atomic E-state index is 7.58. The number of furan rings is 1. The highest BCUT2D eigenvalue weighted by Crippen LogP contribution is 2.55. The van der Waals surface area contributed by atoms with Gasteiger partial charge < -0.3 is 14.2 Å². The molecule has 5 aliphatic rings. The van der Waals surface area contributed by atoms with Gasteiger partial charge in [0.1, 0.15) is 5.58 Å². The molecule has 1 aromatic heterocycles. The molecule has 4 heteroatoms. The van der Waals surface area contributed by atoms with Crippen molar-refractivity contribution in [3.63, 3.8) is 0 Å². The molecule has 3 heterocycles. The van der Waals surface area contributed by atoms with E-state index in [1.54, 1.807) is 0 Å². The van der Waals surface area contributed by atoms with Gasteiger partial charge >= 0.3 is 0 Å². The molecule has 3 nitrogen and oxygen atoms in total. The molecule has 0 fully saturated rings. The van der Waals surface area contributed by atoms with E-state index in [2.05, 4.69) is 224 Å². The Morgan fingerprint density at radius 3 is 1.49 bits per heavy atom. The lowest BCUT2D eigenvalue weighted by atomic mass is 9.35. The zero-order valence-electron chi connectivity index (χ0n) is 45.9. The summed E-state index contributed by atoms with van der Waals surface area (Å²) in [5.41, 5.74) is 26.3. The fraction of sp³-hybridized carbons (Fsp3) is 0.433. The average Bonchev–Trinajstić information content (AvgIpc) is 3.69. The van der Waals surface area contributed by atoms with E-state index in [0.29, 0.717) is 0 Å². The van der Waals surface area contributed by atoms with Gasteiger partial charge in [0.25, 0.3) is 6.71 Å². The monoisotopic (exact) mass is 937 g/mol. The molecule has 0 atom stereocenters. The Morgan fingerprint density at radius 1 is 0.479 bits per heavy atom. The standard InChI is InChI=1S/C67H77BN2O/c1-40-19-17-18-20-45(40)41-33-55-58-56(34-41)70(44-23-25-48-50(37-44)65(11,12)30-28-63(48,7)8)59-46-35-42(61(2,3)4)21-26-57(46)71-60(59)68(58)53-38-51-52(67(15,16)32-31-66(51,13)14)39-54(53)69(55)43-22-24-47-49(36-43)64(9,10)29-27-62(47,5)6/h17-26,33-39H,27-32H2,1-16H3. The fourth-order valence-corrected chi connectivity index (χ4v) is 14.0. The Kier molecular flexibility index (Phi) is 9.73. The van der Waals surface area contributed by atoms with Crippen molar-refractivity contribution in [3.05, 3.63) is 148 Å². The molecule has 0 bridgehead atoms. The highest BCUT2D eigenvalue weighted by molar-refractivity contribution is 7.00. The lowest BCUT2D eigenvalue weighted by molar-refractivity contribution is 0.332. The second-order valence-electron chi connectivity index (χ2n) is 27.8. The van der Waals surface area contributed by atoms with E-state index in [-0.39, 0.29) is 44.6 Å². The van der Waals surface area contributed by atoms with Crippen molar-refractivity contribution in [2.45, 2.75) is 187 Å². The molecule has 0 spiro atoms. The van der Waals surface area contributed by atoms with Crippen LogP contribution in [0.3, 0.4) is 0 Å². The molecular formula is C67H77BN2O. The topological polar surface area (TPSA) is 19.6 Å². The molecular weight excluding hydrogens is 860 g/mol. The fourth-order valence-electron chi connectivity index (χ4n) is 14.0. The molecule has 0 N–H and O–H groups in total. The number of nitrogens with zero attached hydrogens (tertiary/aromatic N) is 2. The molecule has 364 valence electrons. The summed E-state index contributed by atoms with van der Waals surface area (Å²) in [6.45, 7) is 38.7. The Hall–Kier alpha value is -5.48. The summed E-state index contributed by atoms with van der Waals surface area (Å²) in [5.74, 6) is 0. The number of hydrogen-bond acceptors (Lipinski definition) is 3. The van der Waals surface area contributed by atoms with Crippen LogP contribution in [0, 0.1) is 6.92 Å². The first-order valence-corrected chi connectivity index (χ1v) is 27.1. The van der Waals surface area contributed by atoms with Gasteiger partial charge in [-0.3, -0.25) is 0 Å². The van der Waals surface area contributed by atoms with E-state index in [9.17, 15) is 0 Å². The first-order valence-electron chi connectivity index (χ1n) is 27.1. The smallest absolute Gasteiger partial charge is 0.297 e. The molecule has 71 heavy (non-hydrogen) atoms. The summed E-state index contributed by atoms with van der Waals surface area (Å²) in [6, 6.07) is 41.5. The predicted molar refractivity (Wildman–Crippen MR) is 305 cm³/mol. The van der Waals surface area contributed by atoms with Gasteiger partial charge in [0.15, 0.2) is 0 Å². The third kappa shape index (κ3) is 6.88. The molecule has 0 unspecified atom stereocenters. The third-order valence-corrected chi connectivity index (χ3v) is 19.1. The summed E-state index contributed by atoms with van der Waals surface area (Å²) < 4.78 is 7.58. The Balaban J connectivity index is 1.25. The molecule has 6 aromatic carbocycles. The number of aryl methyl sites for hydroxylation is 1. The minimum Gasteiger partial charge on any atom is -0.468 e. The van der Waals surface area contributed by atoms with Crippen LogP contribution in [0.25, 0.3) is 22.1 Å². The number of benzene rings is 6. The summed E-state index contributed by atoms with van der Waals surface area (Å²) in [5, 5.41) is 1.18. The highest BCUT2D eigenvalue weighted by atomic mass is 16.3. The van der Waals surface area contributed by atoms with E-state index in [1.807, 2.05) is 0 Å². The SMILES string of the molecule is Cc1ccccc1-c1cc2c3c(c1)N(c1ccc4c(c1)C(C)(C)CCC4(C)C)c1c(oc4ccc(C(C)(C)C)cc14)B3c1cc3c(cc1N2c1ccc2c(c1)C(C)(C)CCC2(C)C)C(C)(C)CCC3(C)C. The van der Waals surface area contributed by atoms with Crippen molar-refractivity contribution in [1.29, 1.82) is 0 Å². The second-order valence-corrected chi connectivity index (χ2v) is 27.8. The summed E-state index contributed by atoms with van der Waals surface area (Å²) in [6.07, 6.45) is 7.00. The van der Waals surface area contributed by atoms with Gasteiger partial charge in [-0.1, -0.05) is 152 Å². The zero-order valence-corrected chi connectivity index (χ0v) is 45.9. The van der Waals surface area contributed by atoms with Gasteiger partial charge in [-0.2, -0.15) is 0 Å². The minimum absolute atomic E-state index is 0.0205. The summed E-state index contributed by atoms with van der Waals surface area (Å²) in [7, 11) is 0. The van der Waals surface area contributed by atoms with Crippen LogP contribution in [0.2, 0.25) is 0 Å². The average molecular weight is 937 g/mol. The van der Waals surface area contributed by atoms with Crippen molar-refractivity contribution >= 4 is 68.4 Å². The van der Waals surface area contributed by atoms with Gasteiger partial charge in [0.2, 0.25) is 0 Å². The van der Waals surface area contributed by atoms with Gasteiger partial charge in [-0.15, -0.1) is 0 Å². The number of rotatable bonds is 3. The van der Waals surface area contributed by atoms with Crippen molar-refractivity contribution in [1.82, 2.24) is 0 Å². The first-order chi connectivity index (χ1) is 33.2. The van der Waals surface area contributed by atoms with Crippen molar-refractivity contribution in [2.24, 2.45) is 0 Å². The van der Waals surface area contributed by atoms with Crippen LogP contribution >= 0.6 is 0 Å². The van der Waals surface area contributed by atoms with E-state index in [0.717, 1.165) is 30.5 Å². The second kappa shape index (κ2) is 14.8. The molecule has 0 saturated carbocycles. The van der Waals surface area contributed by atoms with Gasteiger partial charge in [0.05, 0.1) is 11.3 Å². The summed E-state index contributed by atoms with van der Waals surface area (Å²) >= 11 is 0. The Morgan fingerprint density at radius 2 is 0.958 bits per heavy atom. The minimum atomic E-state index is -0.138. The van der Waals surface area contributed by atoms with Gasteiger partial charge in [0, 0.05) is 33.8 Å². The maximum Gasteiger partial charge on any atom is 0.297 e.